The van der Waals surface area contributed by atoms with Gasteiger partial charge in [-0.15, -0.1) is 0 Å². The van der Waals surface area contributed by atoms with Crippen LogP contribution in [0.2, 0.25) is 0 Å². The van der Waals surface area contributed by atoms with Gasteiger partial charge in [0.25, 0.3) is 0 Å². The Morgan fingerprint density at radius 1 is 0.636 bits per heavy atom. The third kappa shape index (κ3) is 3.62. The maximum atomic E-state index is 3.95. The van der Waals surface area contributed by atoms with Crippen molar-refractivity contribution >= 4 is 30.4 Å². The van der Waals surface area contributed by atoms with Crippen LogP contribution in [0.4, 0.5) is 0 Å². The summed E-state index contributed by atoms with van der Waals surface area (Å²) in [5.74, 6) is 0. The van der Waals surface area contributed by atoms with Crippen molar-refractivity contribution in [2.45, 2.75) is 0 Å². The average molecular weight is 284 g/mol. The lowest BCUT2D eigenvalue weighted by molar-refractivity contribution is 1.54. The van der Waals surface area contributed by atoms with Crippen molar-refractivity contribution < 1.29 is 0 Å². The summed E-state index contributed by atoms with van der Waals surface area (Å²) in [6.07, 6.45) is 13.8. The minimum absolute atomic E-state index is 1.08. The Morgan fingerprint density at radius 3 is 2.00 bits per heavy atom. The zero-order chi connectivity index (χ0) is 15.8. The Labute approximate surface area is 133 Å². The fourth-order valence-corrected chi connectivity index (χ4v) is 2.32. The molecule has 0 atom stereocenters. The second-order valence-electron chi connectivity index (χ2n) is 4.82. The van der Waals surface area contributed by atoms with Gasteiger partial charge in [-0.3, -0.25) is 0 Å². The van der Waals surface area contributed by atoms with E-state index in [1.54, 1.807) is 6.08 Å². The Balaban J connectivity index is 2.56. The highest BCUT2D eigenvalue weighted by atomic mass is 14.1. The molecule has 2 rings (SSSR count). The van der Waals surface area contributed by atoms with E-state index in [4.69, 9.17) is 0 Å². The van der Waals surface area contributed by atoms with Crippen LogP contribution < -0.4 is 0 Å². The number of hydrogen-bond acceptors (Lipinski definition) is 0. The van der Waals surface area contributed by atoms with Gasteiger partial charge in [0.2, 0.25) is 0 Å². The SMILES string of the molecule is C=C/C=C/c1ccc(C=C)c(C=C)c1/C=C/c1ccccc1. The van der Waals surface area contributed by atoms with Gasteiger partial charge in [0.05, 0.1) is 0 Å². The molecule has 0 aliphatic rings. The van der Waals surface area contributed by atoms with Crippen LogP contribution in [0.3, 0.4) is 0 Å². The summed E-state index contributed by atoms with van der Waals surface area (Å²) in [5.41, 5.74) is 5.61. The first-order chi connectivity index (χ1) is 10.8. The van der Waals surface area contributed by atoms with E-state index in [0.717, 1.165) is 22.3 Å². The average Bonchev–Trinajstić information content (AvgIpc) is 2.58. The van der Waals surface area contributed by atoms with Crippen LogP contribution in [0.15, 0.2) is 74.4 Å². The molecule has 0 radical (unpaired) electrons. The second kappa shape index (κ2) is 7.80. The smallest absolute Gasteiger partial charge is 0.0105 e. The van der Waals surface area contributed by atoms with Gasteiger partial charge < -0.3 is 0 Å². The van der Waals surface area contributed by atoms with Crippen LogP contribution in [-0.4, -0.2) is 0 Å². The molecule has 0 spiro atoms. The van der Waals surface area contributed by atoms with Crippen LogP contribution >= 0.6 is 0 Å². The minimum Gasteiger partial charge on any atom is -0.0991 e. The summed E-state index contributed by atoms with van der Waals surface area (Å²) in [4.78, 5) is 0. The number of hydrogen-bond donors (Lipinski definition) is 0. The monoisotopic (exact) mass is 284 g/mol. The van der Waals surface area contributed by atoms with Crippen molar-refractivity contribution in [3.8, 4) is 0 Å². The Morgan fingerprint density at radius 2 is 1.36 bits per heavy atom. The predicted octanol–water partition coefficient (Wildman–Crippen LogP) is 6.34. The number of rotatable bonds is 6. The maximum Gasteiger partial charge on any atom is -0.0105 e. The summed E-state index contributed by atoms with van der Waals surface area (Å²) in [5, 5.41) is 0. The molecule has 0 unspecified atom stereocenters. The van der Waals surface area contributed by atoms with Crippen LogP contribution in [0, 0.1) is 0 Å². The van der Waals surface area contributed by atoms with E-state index in [1.165, 1.54) is 5.56 Å². The predicted molar refractivity (Wildman–Crippen MR) is 101 cm³/mol. The molecule has 0 amide bonds. The van der Waals surface area contributed by atoms with Crippen molar-refractivity contribution in [1.82, 2.24) is 0 Å². The first-order valence-corrected chi connectivity index (χ1v) is 7.24. The normalized spacial score (nSPS) is 10.9. The molecule has 0 N–H and O–H groups in total. The minimum atomic E-state index is 1.08. The van der Waals surface area contributed by atoms with Gasteiger partial charge in [0.1, 0.15) is 0 Å². The van der Waals surface area contributed by atoms with Gasteiger partial charge in [-0.1, -0.05) is 105 Å². The fraction of sp³-hybridized carbons (Fsp3) is 0. The second-order valence-corrected chi connectivity index (χ2v) is 4.82. The Kier molecular flexibility index (Phi) is 5.50. The van der Waals surface area contributed by atoms with Crippen molar-refractivity contribution in [2.24, 2.45) is 0 Å². The standard InChI is InChI=1S/C22H20/c1-4-7-13-20-16-15-19(5-2)21(6-3)22(20)17-14-18-11-9-8-10-12-18/h4-17H,1-3H2/b13-7+,17-14+. The lowest BCUT2D eigenvalue weighted by Crippen LogP contribution is -1.90. The van der Waals surface area contributed by atoms with E-state index in [1.807, 2.05) is 36.4 Å². The summed E-state index contributed by atoms with van der Waals surface area (Å²) in [6, 6.07) is 14.4. The highest BCUT2D eigenvalue weighted by molar-refractivity contribution is 5.83. The van der Waals surface area contributed by atoms with Gasteiger partial charge >= 0.3 is 0 Å². The van der Waals surface area contributed by atoms with Crippen molar-refractivity contribution in [3.63, 3.8) is 0 Å². The first kappa shape index (κ1) is 15.5. The van der Waals surface area contributed by atoms with Gasteiger partial charge in [-0.2, -0.15) is 0 Å². The molecule has 0 bridgehead atoms. The van der Waals surface area contributed by atoms with Gasteiger partial charge in [-0.25, -0.2) is 0 Å². The molecule has 2 aromatic carbocycles. The van der Waals surface area contributed by atoms with E-state index in [9.17, 15) is 0 Å². The summed E-state index contributed by atoms with van der Waals surface area (Å²) in [6.45, 7) is 11.6. The topological polar surface area (TPSA) is 0 Å². The van der Waals surface area contributed by atoms with Gasteiger partial charge in [-0.05, 0) is 27.8 Å². The highest BCUT2D eigenvalue weighted by Gasteiger charge is 2.05. The lowest BCUT2D eigenvalue weighted by atomic mass is 9.94. The van der Waals surface area contributed by atoms with Crippen molar-refractivity contribution in [2.75, 3.05) is 0 Å². The Bertz CT molecular complexity index is 728. The number of benzene rings is 2. The molecule has 0 heteroatoms. The molecular formula is C22H20. The summed E-state index contributed by atoms with van der Waals surface area (Å²) < 4.78 is 0. The molecule has 0 saturated heterocycles. The van der Waals surface area contributed by atoms with E-state index in [2.05, 4.69) is 62.2 Å². The Hall–Kier alpha value is -2.86. The van der Waals surface area contributed by atoms with Crippen LogP contribution in [0.1, 0.15) is 27.8 Å². The van der Waals surface area contributed by atoms with Crippen LogP contribution in [-0.2, 0) is 0 Å². The zero-order valence-corrected chi connectivity index (χ0v) is 12.7. The molecule has 0 heterocycles. The lowest BCUT2D eigenvalue weighted by Gasteiger charge is -2.10. The van der Waals surface area contributed by atoms with E-state index >= 15 is 0 Å². The third-order valence-electron chi connectivity index (χ3n) is 3.43. The fourth-order valence-electron chi connectivity index (χ4n) is 2.32. The molecule has 0 aromatic heterocycles. The van der Waals surface area contributed by atoms with Gasteiger partial charge in [0, 0.05) is 0 Å². The molecular weight excluding hydrogens is 264 g/mol. The summed E-state index contributed by atoms with van der Waals surface area (Å²) >= 11 is 0. The first-order valence-electron chi connectivity index (χ1n) is 7.24. The molecule has 22 heavy (non-hydrogen) atoms. The van der Waals surface area contributed by atoms with Crippen LogP contribution in [0.25, 0.3) is 30.4 Å². The zero-order valence-electron chi connectivity index (χ0n) is 12.7. The maximum absolute atomic E-state index is 3.95. The van der Waals surface area contributed by atoms with Gasteiger partial charge in [0.15, 0.2) is 0 Å². The highest BCUT2D eigenvalue weighted by Crippen LogP contribution is 2.25. The van der Waals surface area contributed by atoms with Crippen LogP contribution in [0.5, 0.6) is 0 Å². The van der Waals surface area contributed by atoms with Crippen molar-refractivity contribution in [3.05, 3.63) is 102 Å². The largest absolute Gasteiger partial charge is 0.0991 e. The number of allylic oxidation sites excluding steroid dienone is 2. The summed E-state index contributed by atoms with van der Waals surface area (Å²) in [7, 11) is 0. The van der Waals surface area contributed by atoms with E-state index < -0.39 is 0 Å². The molecule has 0 fully saturated rings. The molecule has 0 aliphatic heterocycles. The quantitative estimate of drug-likeness (QED) is 0.428. The third-order valence-corrected chi connectivity index (χ3v) is 3.43. The molecule has 108 valence electrons. The van der Waals surface area contributed by atoms with Crippen molar-refractivity contribution in [1.29, 1.82) is 0 Å². The molecule has 2 aromatic rings. The van der Waals surface area contributed by atoms with E-state index in [0.29, 0.717) is 0 Å². The van der Waals surface area contributed by atoms with E-state index in [-0.39, 0.29) is 0 Å². The molecule has 0 nitrogen and oxygen atoms in total. The molecule has 0 saturated carbocycles. The molecule has 0 aliphatic carbocycles.